The fraction of sp³-hybridized carbons (Fsp3) is 0.833. The minimum atomic E-state index is -1.28. The number of allylic oxidation sites excluding steroid dienone is 2. The number of aliphatic carboxylic acids is 1. The van der Waals surface area contributed by atoms with Gasteiger partial charge in [0.05, 0.1) is 11.2 Å². The molecule has 204 valence electrons. The lowest BCUT2D eigenvalue weighted by Gasteiger charge is -2.67. The first kappa shape index (κ1) is 29.0. The minimum Gasteiger partial charge on any atom is -0.481 e. The lowest BCUT2D eigenvalue weighted by Crippen LogP contribution is -2.64. The average molecular weight is 505 g/mol. The number of carbonyl (C=O) groups excluding carboxylic acids is 2. The van der Waals surface area contributed by atoms with Crippen molar-refractivity contribution in [3.05, 3.63) is 11.6 Å². The van der Waals surface area contributed by atoms with Crippen LogP contribution in [0.15, 0.2) is 11.6 Å². The molecule has 0 aromatic heterocycles. The zero-order chi connectivity index (χ0) is 27.5. The molecule has 0 bridgehead atoms. The molecule has 3 aliphatic rings. The summed E-state index contributed by atoms with van der Waals surface area (Å²) < 4.78 is 0. The SMILES string of the molecule is CC(C)=CC(=O)C[C@](C)(O)[C@H]1CC[C@]2(C)[C@@H]1C(=O)C[C@@H]1[C@@](C)(CCC(=O)O)[C@@H](C(C)(C)O)CC[C@]12C. The van der Waals surface area contributed by atoms with Gasteiger partial charge in [-0.3, -0.25) is 14.4 Å². The Morgan fingerprint density at radius 1 is 1.03 bits per heavy atom. The molecule has 6 nitrogen and oxygen atoms in total. The summed E-state index contributed by atoms with van der Waals surface area (Å²) in [5, 5.41) is 32.2. The zero-order valence-corrected chi connectivity index (χ0v) is 23.6. The van der Waals surface area contributed by atoms with Crippen molar-refractivity contribution < 1.29 is 29.7 Å². The van der Waals surface area contributed by atoms with Gasteiger partial charge < -0.3 is 15.3 Å². The van der Waals surface area contributed by atoms with Crippen LogP contribution in [0.3, 0.4) is 0 Å². The van der Waals surface area contributed by atoms with Crippen LogP contribution >= 0.6 is 0 Å². The first-order chi connectivity index (χ1) is 16.3. The van der Waals surface area contributed by atoms with E-state index in [1.54, 1.807) is 26.8 Å². The molecule has 0 aromatic carbocycles. The highest BCUT2D eigenvalue weighted by atomic mass is 16.4. The monoisotopic (exact) mass is 504 g/mol. The smallest absolute Gasteiger partial charge is 0.303 e. The Labute approximate surface area is 216 Å². The maximum Gasteiger partial charge on any atom is 0.303 e. The molecule has 36 heavy (non-hydrogen) atoms. The van der Waals surface area contributed by atoms with E-state index in [1.807, 2.05) is 13.8 Å². The molecular formula is C30H48O6. The fourth-order valence-electron chi connectivity index (χ4n) is 9.24. The van der Waals surface area contributed by atoms with Gasteiger partial charge in [0.25, 0.3) is 0 Å². The van der Waals surface area contributed by atoms with Crippen LogP contribution in [0.1, 0.15) is 107 Å². The molecule has 3 fully saturated rings. The number of carbonyl (C=O) groups is 3. The number of carboxylic acids is 1. The molecule has 3 aliphatic carbocycles. The highest BCUT2D eigenvalue weighted by molar-refractivity contribution is 5.91. The molecule has 0 heterocycles. The molecule has 0 amide bonds. The number of ketones is 2. The molecule has 0 aromatic rings. The summed E-state index contributed by atoms with van der Waals surface area (Å²) in [6.45, 7) is 15.6. The van der Waals surface area contributed by atoms with Crippen molar-refractivity contribution in [3.63, 3.8) is 0 Å². The molecule has 3 N–H and O–H groups in total. The summed E-state index contributed by atoms with van der Waals surface area (Å²) in [4.78, 5) is 38.2. The molecule has 6 heteroatoms. The van der Waals surface area contributed by atoms with Gasteiger partial charge in [-0.05, 0) is 107 Å². The van der Waals surface area contributed by atoms with E-state index < -0.39 is 22.6 Å². The van der Waals surface area contributed by atoms with E-state index in [2.05, 4.69) is 20.8 Å². The third-order valence-corrected chi connectivity index (χ3v) is 10.9. The highest BCUT2D eigenvalue weighted by Crippen LogP contribution is 2.73. The molecular weight excluding hydrogens is 456 g/mol. The van der Waals surface area contributed by atoms with Crippen molar-refractivity contribution in [2.24, 2.45) is 39.9 Å². The van der Waals surface area contributed by atoms with E-state index in [4.69, 9.17) is 0 Å². The molecule has 3 saturated carbocycles. The van der Waals surface area contributed by atoms with E-state index in [1.165, 1.54) is 0 Å². The first-order valence-corrected chi connectivity index (χ1v) is 13.7. The predicted molar refractivity (Wildman–Crippen MR) is 139 cm³/mol. The molecule has 8 atom stereocenters. The van der Waals surface area contributed by atoms with Crippen molar-refractivity contribution in [2.75, 3.05) is 0 Å². The summed E-state index contributed by atoms with van der Waals surface area (Å²) >= 11 is 0. The third-order valence-electron chi connectivity index (χ3n) is 10.9. The maximum atomic E-state index is 14.0. The van der Waals surface area contributed by atoms with Gasteiger partial charge in [0.15, 0.2) is 5.78 Å². The Bertz CT molecular complexity index is 938. The summed E-state index contributed by atoms with van der Waals surface area (Å²) in [7, 11) is 0. The highest BCUT2D eigenvalue weighted by Gasteiger charge is 2.70. The standard InChI is InChI=1S/C30H48O6/c1-18(2)15-19(31)17-30(8,36)20-9-13-29(7)25(20)21(32)16-23-27(5,12-11-24(33)34)22(26(3,4)35)10-14-28(23,29)6/h15,20,22-23,25,35-36H,9-14,16-17H2,1-8H3,(H,33,34)/t20-,22+,23+,25-,27-,28+,29+,30-/m0/s1. The van der Waals surface area contributed by atoms with E-state index in [9.17, 15) is 29.7 Å². The van der Waals surface area contributed by atoms with Gasteiger partial charge >= 0.3 is 5.97 Å². The number of rotatable bonds is 8. The average Bonchev–Trinajstić information content (AvgIpc) is 3.07. The second kappa shape index (κ2) is 9.34. The summed E-state index contributed by atoms with van der Waals surface area (Å²) in [6, 6.07) is 0. The van der Waals surface area contributed by atoms with Crippen LogP contribution in [-0.2, 0) is 14.4 Å². The van der Waals surface area contributed by atoms with Crippen molar-refractivity contribution in [1.29, 1.82) is 0 Å². The van der Waals surface area contributed by atoms with E-state index in [-0.39, 0.29) is 58.9 Å². The second-order valence-corrected chi connectivity index (χ2v) is 14.0. The van der Waals surface area contributed by atoms with E-state index in [0.29, 0.717) is 19.3 Å². The Morgan fingerprint density at radius 2 is 1.61 bits per heavy atom. The molecule has 0 aliphatic heterocycles. The largest absolute Gasteiger partial charge is 0.481 e. The van der Waals surface area contributed by atoms with Crippen molar-refractivity contribution in [1.82, 2.24) is 0 Å². The molecule has 0 spiro atoms. The second-order valence-electron chi connectivity index (χ2n) is 14.0. The first-order valence-electron chi connectivity index (χ1n) is 13.7. The minimum absolute atomic E-state index is 0.0000474. The van der Waals surface area contributed by atoms with Crippen molar-refractivity contribution in [2.45, 2.75) is 118 Å². The third kappa shape index (κ3) is 4.73. The van der Waals surface area contributed by atoms with E-state index in [0.717, 1.165) is 24.8 Å². The van der Waals surface area contributed by atoms with Gasteiger partial charge in [0.2, 0.25) is 0 Å². The summed E-state index contributed by atoms with van der Waals surface area (Å²) in [5.74, 6) is -1.66. The zero-order valence-electron chi connectivity index (χ0n) is 23.6. The quantitative estimate of drug-likeness (QED) is 0.385. The fourth-order valence-corrected chi connectivity index (χ4v) is 9.24. The van der Waals surface area contributed by atoms with Crippen LogP contribution in [0.4, 0.5) is 0 Å². The molecule has 0 saturated heterocycles. The Kier molecular flexibility index (Phi) is 7.53. The maximum absolute atomic E-state index is 14.0. The lowest BCUT2D eigenvalue weighted by molar-refractivity contribution is -0.207. The van der Waals surface area contributed by atoms with Crippen LogP contribution in [-0.4, -0.2) is 44.1 Å². The number of hydrogen-bond acceptors (Lipinski definition) is 5. The number of hydrogen-bond donors (Lipinski definition) is 3. The molecule has 0 unspecified atom stereocenters. The number of carboxylic acid groups (broad SMARTS) is 1. The summed E-state index contributed by atoms with van der Waals surface area (Å²) in [6.07, 6.45) is 5.41. The van der Waals surface area contributed by atoms with Crippen molar-refractivity contribution in [3.8, 4) is 0 Å². The topological polar surface area (TPSA) is 112 Å². The Hall–Kier alpha value is -1.53. The van der Waals surface area contributed by atoms with Gasteiger partial charge in [-0.25, -0.2) is 0 Å². The van der Waals surface area contributed by atoms with Gasteiger partial charge in [0, 0.05) is 25.2 Å². The lowest BCUT2D eigenvalue weighted by atomic mass is 9.37. The molecule has 3 rings (SSSR count). The molecule has 0 radical (unpaired) electrons. The number of aliphatic hydroxyl groups is 2. The van der Waals surface area contributed by atoms with Gasteiger partial charge in [-0.2, -0.15) is 0 Å². The summed E-state index contributed by atoms with van der Waals surface area (Å²) in [5.41, 5.74) is -2.48. The normalized spacial score (nSPS) is 40.1. The predicted octanol–water partition coefficient (Wildman–Crippen LogP) is 5.34. The Morgan fingerprint density at radius 3 is 2.14 bits per heavy atom. The van der Waals surface area contributed by atoms with Gasteiger partial charge in [0.1, 0.15) is 5.78 Å². The van der Waals surface area contributed by atoms with E-state index >= 15 is 0 Å². The van der Waals surface area contributed by atoms with Crippen LogP contribution in [0, 0.1) is 39.9 Å². The van der Waals surface area contributed by atoms with Crippen LogP contribution in [0.25, 0.3) is 0 Å². The van der Waals surface area contributed by atoms with Gasteiger partial charge in [-0.1, -0.05) is 26.3 Å². The van der Waals surface area contributed by atoms with Gasteiger partial charge in [-0.15, -0.1) is 0 Å². The van der Waals surface area contributed by atoms with Crippen LogP contribution in [0.2, 0.25) is 0 Å². The number of fused-ring (bicyclic) bond motifs is 3. The van der Waals surface area contributed by atoms with Crippen LogP contribution < -0.4 is 0 Å². The van der Waals surface area contributed by atoms with Crippen molar-refractivity contribution >= 4 is 17.5 Å². The van der Waals surface area contributed by atoms with Crippen LogP contribution in [0.5, 0.6) is 0 Å². The Balaban J connectivity index is 2.02. The number of Topliss-reactive ketones (excluding diaryl/α,β-unsaturated/α-hetero) is 1.